The molecule has 3 rings (SSSR count). The Labute approximate surface area is 205 Å². The quantitative estimate of drug-likeness (QED) is 0.193. The second kappa shape index (κ2) is 10.4. The van der Waals surface area contributed by atoms with E-state index in [1.807, 2.05) is 30.3 Å². The maximum Gasteiger partial charge on any atom is 0.337 e. The van der Waals surface area contributed by atoms with Gasteiger partial charge in [0.1, 0.15) is 6.17 Å². The molecule has 10 heteroatoms. The molecule has 1 amide bonds. The number of anilines is 1. The Kier molecular flexibility index (Phi) is 7.79. The van der Waals surface area contributed by atoms with Crippen LogP contribution in [0.15, 0.2) is 66.7 Å². The van der Waals surface area contributed by atoms with Gasteiger partial charge in [0.25, 0.3) is 5.91 Å². The van der Waals surface area contributed by atoms with Crippen molar-refractivity contribution in [2.24, 2.45) is 0 Å². The maximum absolute atomic E-state index is 13.0. The fourth-order valence-electron chi connectivity index (χ4n) is 2.94. The number of ether oxygens (including phenoxy) is 1. The van der Waals surface area contributed by atoms with Crippen molar-refractivity contribution in [2.75, 3.05) is 12.4 Å². The van der Waals surface area contributed by atoms with E-state index in [1.165, 1.54) is 7.11 Å². The molecule has 6 nitrogen and oxygen atoms in total. The topological polar surface area (TPSA) is 79.5 Å². The molecule has 3 aromatic carbocycles. The molecule has 0 saturated carbocycles. The number of halogens is 3. The molecular weight excluding hydrogens is 493 g/mol. The van der Waals surface area contributed by atoms with E-state index in [0.29, 0.717) is 16.8 Å². The van der Waals surface area contributed by atoms with Crippen LogP contribution in [0.5, 0.6) is 0 Å². The molecule has 0 fully saturated rings. The smallest absolute Gasteiger partial charge is 0.337 e. The molecular formula is C22H18Cl3N3O3S. The Bertz CT molecular complexity index is 1150. The molecule has 0 aliphatic rings. The number of amides is 1. The van der Waals surface area contributed by atoms with Gasteiger partial charge in [0.2, 0.25) is 3.79 Å². The van der Waals surface area contributed by atoms with Gasteiger partial charge < -0.3 is 20.7 Å². The molecule has 0 bridgehead atoms. The third-order valence-corrected chi connectivity index (χ3v) is 5.35. The normalized spacial score (nSPS) is 12.0. The Morgan fingerprint density at radius 1 is 0.938 bits per heavy atom. The minimum atomic E-state index is -1.90. The van der Waals surface area contributed by atoms with Crippen molar-refractivity contribution in [1.82, 2.24) is 10.6 Å². The van der Waals surface area contributed by atoms with E-state index in [4.69, 9.17) is 47.0 Å². The number of esters is 1. The summed E-state index contributed by atoms with van der Waals surface area (Å²) in [5, 5.41) is 10.2. The molecule has 3 N–H and O–H groups in total. The van der Waals surface area contributed by atoms with Crippen LogP contribution in [0.4, 0.5) is 5.69 Å². The van der Waals surface area contributed by atoms with Gasteiger partial charge in [-0.15, -0.1) is 0 Å². The zero-order valence-corrected chi connectivity index (χ0v) is 19.8. The van der Waals surface area contributed by atoms with E-state index in [0.717, 1.165) is 10.8 Å². The van der Waals surface area contributed by atoms with Gasteiger partial charge in [-0.2, -0.15) is 0 Å². The first-order valence-electron chi connectivity index (χ1n) is 9.30. The van der Waals surface area contributed by atoms with Crippen LogP contribution in [0.3, 0.4) is 0 Å². The third-order valence-electron chi connectivity index (χ3n) is 4.48. The van der Waals surface area contributed by atoms with E-state index in [1.54, 1.807) is 36.4 Å². The summed E-state index contributed by atoms with van der Waals surface area (Å²) < 4.78 is 2.76. The molecule has 0 spiro atoms. The second-order valence-corrected chi connectivity index (χ2v) is 9.42. The average molecular weight is 511 g/mol. The van der Waals surface area contributed by atoms with Crippen molar-refractivity contribution in [3.8, 4) is 0 Å². The van der Waals surface area contributed by atoms with Crippen molar-refractivity contribution in [2.45, 2.75) is 9.96 Å². The second-order valence-electron chi connectivity index (χ2n) is 6.64. The molecule has 1 atom stereocenters. The molecule has 0 aromatic heterocycles. The van der Waals surface area contributed by atoms with Gasteiger partial charge in [-0.1, -0.05) is 71.2 Å². The minimum Gasteiger partial charge on any atom is -0.465 e. The van der Waals surface area contributed by atoms with Crippen LogP contribution in [0.1, 0.15) is 20.7 Å². The van der Waals surface area contributed by atoms with Crippen molar-refractivity contribution in [1.29, 1.82) is 0 Å². The predicted molar refractivity (Wildman–Crippen MR) is 133 cm³/mol. The average Bonchev–Trinajstić information content (AvgIpc) is 2.77. The van der Waals surface area contributed by atoms with Crippen LogP contribution in [0, 0.1) is 0 Å². The highest BCUT2D eigenvalue weighted by Gasteiger charge is 2.35. The van der Waals surface area contributed by atoms with Gasteiger partial charge >= 0.3 is 5.97 Å². The molecule has 3 aromatic rings. The highest BCUT2D eigenvalue weighted by molar-refractivity contribution is 7.80. The number of thiocarbonyl (C=S) groups is 1. The van der Waals surface area contributed by atoms with Crippen molar-refractivity contribution in [3.05, 3.63) is 77.9 Å². The summed E-state index contributed by atoms with van der Waals surface area (Å²) in [7, 11) is 1.30. The molecule has 32 heavy (non-hydrogen) atoms. The lowest BCUT2D eigenvalue weighted by Crippen LogP contribution is -2.56. The number of fused-ring (bicyclic) bond motifs is 1. The van der Waals surface area contributed by atoms with Gasteiger partial charge in [-0.25, -0.2) is 4.79 Å². The van der Waals surface area contributed by atoms with Gasteiger partial charge in [0, 0.05) is 11.3 Å². The molecule has 166 valence electrons. The first kappa shape index (κ1) is 24.1. The summed E-state index contributed by atoms with van der Waals surface area (Å²) in [6.07, 6.45) is -1.13. The molecule has 1 unspecified atom stereocenters. The Morgan fingerprint density at radius 3 is 2.25 bits per heavy atom. The predicted octanol–water partition coefficient (Wildman–Crippen LogP) is 5.04. The van der Waals surface area contributed by atoms with Crippen molar-refractivity contribution < 1.29 is 14.3 Å². The number of alkyl halides is 3. The molecule has 0 radical (unpaired) electrons. The fourth-order valence-corrected chi connectivity index (χ4v) is 3.50. The third kappa shape index (κ3) is 6.01. The van der Waals surface area contributed by atoms with Gasteiger partial charge in [0.15, 0.2) is 5.11 Å². The van der Waals surface area contributed by atoms with E-state index in [-0.39, 0.29) is 5.11 Å². The number of methoxy groups -OCH3 is 1. The summed E-state index contributed by atoms with van der Waals surface area (Å²) in [6.45, 7) is 0. The van der Waals surface area contributed by atoms with Crippen LogP contribution in [-0.2, 0) is 4.74 Å². The van der Waals surface area contributed by atoms with Gasteiger partial charge in [0.05, 0.1) is 12.7 Å². The van der Waals surface area contributed by atoms with E-state index in [9.17, 15) is 9.59 Å². The van der Waals surface area contributed by atoms with Crippen LogP contribution in [0.2, 0.25) is 0 Å². The number of rotatable bonds is 5. The fraction of sp³-hybridized carbons (Fsp3) is 0.136. The minimum absolute atomic E-state index is 0.102. The largest absolute Gasteiger partial charge is 0.465 e. The summed E-state index contributed by atoms with van der Waals surface area (Å²) >= 11 is 23.5. The Hall–Kier alpha value is -2.58. The van der Waals surface area contributed by atoms with Gasteiger partial charge in [-0.3, -0.25) is 4.79 Å². The van der Waals surface area contributed by atoms with Gasteiger partial charge in [-0.05, 0) is 53.3 Å². The number of hydrogen-bond acceptors (Lipinski definition) is 4. The summed E-state index contributed by atoms with van der Waals surface area (Å²) in [5.41, 5.74) is 1.40. The standard InChI is InChI=1S/C22H18Cl3N3O3S/c1-31-19(30)14-9-11-15(12-10-14)26-21(32)28-20(22(23,24)25)27-18(29)17-8-4-6-13-5-2-3-7-16(13)17/h2-12,20H,1H3,(H,27,29)(H2,26,28,32). The monoisotopic (exact) mass is 509 g/mol. The SMILES string of the molecule is COC(=O)c1ccc(NC(=S)NC(NC(=O)c2cccc3ccccc23)C(Cl)(Cl)Cl)cc1. The first-order valence-corrected chi connectivity index (χ1v) is 10.8. The number of carbonyl (C=O) groups excluding carboxylic acids is 2. The van der Waals surface area contributed by atoms with E-state index < -0.39 is 21.8 Å². The van der Waals surface area contributed by atoms with Crippen LogP contribution in [0.25, 0.3) is 10.8 Å². The van der Waals surface area contributed by atoms with Crippen LogP contribution in [-0.4, -0.2) is 34.1 Å². The summed E-state index contributed by atoms with van der Waals surface area (Å²) in [4.78, 5) is 24.5. The summed E-state index contributed by atoms with van der Waals surface area (Å²) in [6, 6.07) is 19.3. The van der Waals surface area contributed by atoms with E-state index in [2.05, 4.69) is 20.7 Å². The van der Waals surface area contributed by atoms with Crippen molar-refractivity contribution in [3.63, 3.8) is 0 Å². The number of hydrogen-bond donors (Lipinski definition) is 3. The molecule has 0 aliphatic heterocycles. The maximum atomic E-state index is 13.0. The molecule has 0 aliphatic carbocycles. The van der Waals surface area contributed by atoms with E-state index >= 15 is 0 Å². The lowest BCUT2D eigenvalue weighted by atomic mass is 10.0. The van der Waals surface area contributed by atoms with Crippen LogP contribution < -0.4 is 16.0 Å². The highest BCUT2D eigenvalue weighted by Crippen LogP contribution is 2.30. The Balaban J connectivity index is 1.72. The zero-order chi connectivity index (χ0) is 23.3. The summed E-state index contributed by atoms with van der Waals surface area (Å²) in [5.74, 6) is -0.888. The van der Waals surface area contributed by atoms with Crippen LogP contribution >= 0.6 is 47.0 Å². The lowest BCUT2D eigenvalue weighted by Gasteiger charge is -2.28. The Morgan fingerprint density at radius 2 is 1.59 bits per heavy atom. The first-order chi connectivity index (χ1) is 15.2. The van der Waals surface area contributed by atoms with Crippen molar-refractivity contribution >= 4 is 80.5 Å². The highest BCUT2D eigenvalue weighted by atomic mass is 35.6. The molecule has 0 saturated heterocycles. The number of nitrogens with one attached hydrogen (secondary N) is 3. The molecule has 0 heterocycles. The zero-order valence-electron chi connectivity index (χ0n) is 16.7. The number of benzene rings is 3. The lowest BCUT2D eigenvalue weighted by molar-refractivity contribution is 0.0600. The number of carbonyl (C=O) groups is 2.